The number of anilines is 2. The van der Waals surface area contributed by atoms with Crippen molar-refractivity contribution in [2.24, 2.45) is 0 Å². The number of aromatic nitrogens is 1. The van der Waals surface area contributed by atoms with Gasteiger partial charge in [0.15, 0.2) is 5.13 Å². The van der Waals surface area contributed by atoms with Crippen LogP contribution in [0, 0.1) is 13.8 Å². The zero-order chi connectivity index (χ0) is 13.3. The summed E-state index contributed by atoms with van der Waals surface area (Å²) in [5, 5.41) is 2.06. The molecule has 18 heavy (non-hydrogen) atoms. The number of hydrogen-bond acceptors (Lipinski definition) is 5. The molecule has 0 aliphatic carbocycles. The van der Waals surface area contributed by atoms with Crippen molar-refractivity contribution < 1.29 is 8.42 Å². The van der Waals surface area contributed by atoms with Crippen LogP contribution in [-0.4, -0.2) is 13.4 Å². The number of nitrogens with one attached hydrogen (secondary N) is 1. The Bertz CT molecular complexity index is 641. The first-order chi connectivity index (χ1) is 8.40. The SMILES string of the molecule is Cc1cc(N)cc(C)c1S(=O)(=O)Nc1nccs1. The molecule has 7 heteroatoms. The molecule has 1 aromatic carbocycles. The van der Waals surface area contributed by atoms with E-state index in [0.717, 1.165) is 0 Å². The molecule has 3 N–H and O–H groups in total. The first kappa shape index (κ1) is 12.8. The van der Waals surface area contributed by atoms with Crippen molar-refractivity contribution >= 4 is 32.2 Å². The third kappa shape index (κ3) is 2.46. The van der Waals surface area contributed by atoms with Crippen molar-refractivity contribution in [2.45, 2.75) is 18.7 Å². The van der Waals surface area contributed by atoms with E-state index in [1.54, 1.807) is 37.6 Å². The van der Waals surface area contributed by atoms with Crippen molar-refractivity contribution in [3.63, 3.8) is 0 Å². The van der Waals surface area contributed by atoms with Gasteiger partial charge in [0.2, 0.25) is 0 Å². The fraction of sp³-hybridized carbons (Fsp3) is 0.182. The largest absolute Gasteiger partial charge is 0.399 e. The Morgan fingerprint density at radius 1 is 1.28 bits per heavy atom. The van der Waals surface area contributed by atoms with Gasteiger partial charge < -0.3 is 5.73 Å². The van der Waals surface area contributed by atoms with Gasteiger partial charge in [-0.2, -0.15) is 0 Å². The van der Waals surface area contributed by atoms with E-state index in [1.807, 2.05) is 0 Å². The Hall–Kier alpha value is -1.60. The van der Waals surface area contributed by atoms with E-state index in [4.69, 9.17) is 5.73 Å². The maximum absolute atomic E-state index is 12.3. The topological polar surface area (TPSA) is 85.1 Å². The number of aryl methyl sites for hydroxylation is 2. The molecule has 96 valence electrons. The van der Waals surface area contributed by atoms with Crippen molar-refractivity contribution in [1.29, 1.82) is 0 Å². The van der Waals surface area contributed by atoms with E-state index in [1.165, 1.54) is 11.3 Å². The molecule has 0 radical (unpaired) electrons. The van der Waals surface area contributed by atoms with Crippen LogP contribution >= 0.6 is 11.3 Å². The molecule has 0 unspecified atom stereocenters. The molecular formula is C11H13N3O2S2. The quantitative estimate of drug-likeness (QED) is 0.845. The fourth-order valence-corrected chi connectivity index (χ4v) is 4.09. The standard InChI is InChI=1S/C11H13N3O2S2/c1-7-5-9(12)6-8(2)10(7)18(15,16)14-11-13-3-4-17-11/h3-6H,12H2,1-2H3,(H,13,14). The van der Waals surface area contributed by atoms with Gasteiger partial charge >= 0.3 is 0 Å². The molecular weight excluding hydrogens is 270 g/mol. The molecule has 2 rings (SSSR count). The summed E-state index contributed by atoms with van der Waals surface area (Å²) in [6.07, 6.45) is 1.55. The number of nitrogens with zero attached hydrogens (tertiary/aromatic N) is 1. The Kier molecular flexibility index (Phi) is 3.27. The van der Waals surface area contributed by atoms with Crippen molar-refractivity contribution in [3.8, 4) is 0 Å². The van der Waals surface area contributed by atoms with Crippen LogP contribution in [0.4, 0.5) is 10.8 Å². The summed E-state index contributed by atoms with van der Waals surface area (Å²) in [5.74, 6) is 0. The lowest BCUT2D eigenvalue weighted by Gasteiger charge is -2.12. The van der Waals surface area contributed by atoms with Crippen LogP contribution in [0.5, 0.6) is 0 Å². The summed E-state index contributed by atoms with van der Waals surface area (Å²) in [6.45, 7) is 3.44. The van der Waals surface area contributed by atoms with E-state index in [9.17, 15) is 8.42 Å². The highest BCUT2D eigenvalue weighted by atomic mass is 32.2. The molecule has 0 bridgehead atoms. The maximum Gasteiger partial charge on any atom is 0.264 e. The average Bonchev–Trinajstić information content (AvgIpc) is 2.66. The normalized spacial score (nSPS) is 11.4. The maximum atomic E-state index is 12.3. The van der Waals surface area contributed by atoms with Gasteiger partial charge in [-0.1, -0.05) is 0 Å². The van der Waals surface area contributed by atoms with Crippen LogP contribution in [0.3, 0.4) is 0 Å². The predicted molar refractivity (Wildman–Crippen MR) is 73.3 cm³/mol. The molecule has 0 amide bonds. The van der Waals surface area contributed by atoms with E-state index >= 15 is 0 Å². The number of nitrogens with two attached hydrogens (primary N) is 1. The zero-order valence-electron chi connectivity index (χ0n) is 9.97. The lowest BCUT2D eigenvalue weighted by atomic mass is 10.1. The summed E-state index contributed by atoms with van der Waals surface area (Å²) in [6, 6.07) is 3.28. The number of benzene rings is 1. The molecule has 1 heterocycles. The van der Waals surface area contributed by atoms with Gasteiger partial charge in [-0.25, -0.2) is 13.4 Å². The smallest absolute Gasteiger partial charge is 0.264 e. The van der Waals surface area contributed by atoms with Crippen LogP contribution in [-0.2, 0) is 10.0 Å². The molecule has 1 aromatic heterocycles. The summed E-state index contributed by atoms with van der Waals surface area (Å²) >= 11 is 1.23. The second kappa shape index (κ2) is 4.58. The van der Waals surface area contributed by atoms with E-state index < -0.39 is 10.0 Å². The summed E-state index contributed by atoms with van der Waals surface area (Å²) in [7, 11) is -3.62. The van der Waals surface area contributed by atoms with Crippen LogP contribution in [0.1, 0.15) is 11.1 Å². The van der Waals surface area contributed by atoms with Gasteiger partial charge in [0, 0.05) is 17.3 Å². The third-order valence-electron chi connectivity index (χ3n) is 2.41. The summed E-state index contributed by atoms with van der Waals surface area (Å²) in [4.78, 5) is 4.16. The van der Waals surface area contributed by atoms with Crippen molar-refractivity contribution in [1.82, 2.24) is 4.98 Å². The minimum absolute atomic E-state index is 0.256. The van der Waals surface area contributed by atoms with Crippen LogP contribution in [0.2, 0.25) is 0 Å². The van der Waals surface area contributed by atoms with E-state index in [-0.39, 0.29) is 4.90 Å². The van der Waals surface area contributed by atoms with Gasteiger partial charge in [-0.15, -0.1) is 11.3 Å². The molecule has 5 nitrogen and oxygen atoms in total. The van der Waals surface area contributed by atoms with Gasteiger partial charge in [0.1, 0.15) is 0 Å². The second-order valence-electron chi connectivity index (χ2n) is 3.93. The van der Waals surface area contributed by atoms with E-state index in [2.05, 4.69) is 9.71 Å². The first-order valence-electron chi connectivity index (χ1n) is 5.19. The Morgan fingerprint density at radius 3 is 2.39 bits per heavy atom. The predicted octanol–water partition coefficient (Wildman–Crippen LogP) is 2.14. The highest BCUT2D eigenvalue weighted by Crippen LogP contribution is 2.25. The lowest BCUT2D eigenvalue weighted by molar-refractivity contribution is 0.600. The third-order valence-corrected chi connectivity index (χ3v) is 4.87. The van der Waals surface area contributed by atoms with Crippen LogP contribution in [0.15, 0.2) is 28.6 Å². The molecule has 0 fully saturated rings. The first-order valence-corrected chi connectivity index (χ1v) is 7.55. The second-order valence-corrected chi connectivity index (χ2v) is 6.44. The molecule has 0 saturated carbocycles. The number of sulfonamides is 1. The average molecular weight is 283 g/mol. The van der Waals surface area contributed by atoms with Crippen LogP contribution in [0.25, 0.3) is 0 Å². The number of thiazole rings is 1. The molecule has 0 aliphatic rings. The van der Waals surface area contributed by atoms with Gasteiger partial charge in [-0.05, 0) is 37.1 Å². The minimum Gasteiger partial charge on any atom is -0.399 e. The molecule has 2 aromatic rings. The molecule has 0 atom stereocenters. The highest BCUT2D eigenvalue weighted by molar-refractivity contribution is 7.93. The summed E-state index contributed by atoms with van der Waals surface area (Å²) in [5.41, 5.74) is 7.48. The van der Waals surface area contributed by atoms with Gasteiger partial charge in [-0.3, -0.25) is 4.72 Å². The number of nitrogen functional groups attached to an aromatic ring is 1. The Labute approximate surface area is 110 Å². The monoisotopic (exact) mass is 283 g/mol. The highest BCUT2D eigenvalue weighted by Gasteiger charge is 2.20. The fourth-order valence-electron chi connectivity index (χ4n) is 1.85. The van der Waals surface area contributed by atoms with Crippen molar-refractivity contribution in [2.75, 3.05) is 10.5 Å². The summed E-state index contributed by atoms with van der Waals surface area (Å²) < 4.78 is 27.0. The Morgan fingerprint density at radius 2 is 1.89 bits per heavy atom. The zero-order valence-corrected chi connectivity index (χ0v) is 11.6. The minimum atomic E-state index is -3.62. The lowest BCUT2D eigenvalue weighted by Crippen LogP contribution is -2.15. The Balaban J connectivity index is 2.48. The number of rotatable bonds is 3. The number of hydrogen-bond donors (Lipinski definition) is 2. The van der Waals surface area contributed by atoms with Crippen molar-refractivity contribution in [3.05, 3.63) is 34.8 Å². The van der Waals surface area contributed by atoms with E-state index in [0.29, 0.717) is 21.9 Å². The van der Waals surface area contributed by atoms with Gasteiger partial charge in [0.05, 0.1) is 4.90 Å². The van der Waals surface area contributed by atoms with Gasteiger partial charge in [0.25, 0.3) is 10.0 Å². The molecule has 0 aliphatic heterocycles. The molecule has 0 spiro atoms. The molecule has 0 saturated heterocycles. The van der Waals surface area contributed by atoms with Crippen LogP contribution < -0.4 is 10.5 Å².